The van der Waals surface area contributed by atoms with Crippen LogP contribution in [0.3, 0.4) is 0 Å². The molecule has 0 aliphatic carbocycles. The van der Waals surface area contributed by atoms with E-state index in [1.54, 1.807) is 0 Å². The molecule has 0 bridgehead atoms. The van der Waals surface area contributed by atoms with Crippen molar-refractivity contribution in [1.82, 2.24) is 0 Å². The van der Waals surface area contributed by atoms with Crippen LogP contribution in [-0.2, 0) is 0 Å². The van der Waals surface area contributed by atoms with Crippen LogP contribution in [0.4, 0.5) is 0 Å². The van der Waals surface area contributed by atoms with Crippen molar-refractivity contribution in [2.24, 2.45) is 3.98 Å². The van der Waals surface area contributed by atoms with Crippen LogP contribution in [0.25, 0.3) is 0 Å². The molecule has 0 N–H and O–H groups in total. The lowest BCUT2D eigenvalue weighted by Gasteiger charge is -1.54. The summed E-state index contributed by atoms with van der Waals surface area (Å²) in [4.78, 5) is 2.15. The van der Waals surface area contributed by atoms with Gasteiger partial charge in [0.2, 0.25) is 0 Å². The first kappa shape index (κ1) is 3.14. The van der Waals surface area contributed by atoms with Crippen LogP contribution in [0.5, 0.6) is 0 Å². The maximum Gasteiger partial charge on any atom is 0.443 e. The molecule has 1 rings (SSSR count). The highest BCUT2D eigenvalue weighted by atomic mass is 27.1. The second-order valence-electron chi connectivity index (χ2n) is 0.942. The first-order chi connectivity index (χ1) is 2.50. The lowest BCUT2D eigenvalue weighted by molar-refractivity contribution is 1.94. The molecule has 0 radical (unpaired) electrons. The Labute approximate surface area is 37.3 Å². The molecule has 0 amide bonds. The summed E-state index contributed by atoms with van der Waals surface area (Å²) in [6, 6.07) is 0. The Morgan fingerprint density at radius 2 is 2.60 bits per heavy atom. The largest absolute Gasteiger partial charge is 0.443 e. The maximum atomic E-state index is 3.99. The molecule has 5 heavy (non-hydrogen) atoms. The van der Waals surface area contributed by atoms with Gasteiger partial charge in [-0.25, -0.2) is 0 Å². The van der Waals surface area contributed by atoms with Gasteiger partial charge in [-0.05, 0) is 6.21 Å². The quantitative estimate of drug-likeness (QED) is 0.362. The van der Waals surface area contributed by atoms with E-state index >= 15 is 0 Å². The monoisotopic (exact) mass is 81.0 g/mol. The standard InChI is InChI=1S/C3H3N.Al.H/c1-2-3-4;;/h1-3H;;/q-1;+1;. The molecule has 1 aliphatic rings. The molecule has 0 aromatic carbocycles. The molecule has 1 nitrogen and oxygen atoms in total. The van der Waals surface area contributed by atoms with Gasteiger partial charge in [0.15, 0.2) is 0 Å². The van der Waals surface area contributed by atoms with Gasteiger partial charge in [-0.1, -0.05) is 6.08 Å². The average molecular weight is 81.1 g/mol. The Hall–Kier alpha value is -0.0575. The lowest BCUT2D eigenvalue weighted by Crippen LogP contribution is -1.63. The van der Waals surface area contributed by atoms with Crippen molar-refractivity contribution < 1.29 is 0 Å². The highest BCUT2D eigenvalue weighted by Gasteiger charge is 1.81. The fourth-order valence-electron chi connectivity index (χ4n) is 0.304. The predicted molar refractivity (Wildman–Crippen MR) is 24.8 cm³/mol. The van der Waals surface area contributed by atoms with E-state index < -0.39 is 0 Å². The number of hydrogen-bond donors (Lipinski definition) is 0. The van der Waals surface area contributed by atoms with Crippen LogP contribution in [0.1, 0.15) is 0 Å². The van der Waals surface area contributed by atoms with Crippen molar-refractivity contribution in [1.29, 1.82) is 0 Å². The molecule has 0 saturated heterocycles. The second-order valence-corrected chi connectivity index (χ2v) is 2.14. The van der Waals surface area contributed by atoms with Crippen LogP contribution in [0.15, 0.2) is 15.0 Å². The summed E-state index contributed by atoms with van der Waals surface area (Å²) in [6.07, 6.45) is 3.87. The van der Waals surface area contributed by atoms with E-state index in [0.717, 1.165) is 0 Å². The van der Waals surface area contributed by atoms with Gasteiger partial charge < -0.3 is 3.98 Å². The summed E-state index contributed by atoms with van der Waals surface area (Å²) in [5, 5.41) is 0. The predicted octanol–water partition coefficient (Wildman–Crippen LogP) is -0.0640. The summed E-state index contributed by atoms with van der Waals surface area (Å²) < 4.78 is 3.99. The van der Waals surface area contributed by atoms with E-state index in [1.165, 1.54) is 0 Å². The van der Waals surface area contributed by atoms with E-state index in [9.17, 15) is 0 Å². The van der Waals surface area contributed by atoms with Crippen molar-refractivity contribution >= 4 is 21.7 Å². The zero-order valence-electron chi connectivity index (χ0n) is 2.89. The van der Waals surface area contributed by atoms with Gasteiger partial charge in [0, 0.05) is 0 Å². The number of rotatable bonds is 0. The van der Waals surface area contributed by atoms with E-state index in [-0.39, 0.29) is 15.4 Å². The minimum absolute atomic E-state index is 0.0679. The van der Waals surface area contributed by atoms with Crippen molar-refractivity contribution in [2.45, 2.75) is 0 Å². The summed E-state index contributed by atoms with van der Waals surface area (Å²) >= 11 is -0.0679. The highest BCUT2D eigenvalue weighted by molar-refractivity contribution is 6.44. The molecule has 24 valence electrons. The molecular weight excluding hydrogens is 77.0 g/mol. The fourth-order valence-corrected chi connectivity index (χ4v) is 0.913. The van der Waals surface area contributed by atoms with E-state index in [1.807, 2.05) is 12.3 Å². The third-order valence-corrected chi connectivity index (χ3v) is 1.44. The molecule has 0 unspecified atom stereocenters. The molecular formula is C3H4AlN. The zero-order chi connectivity index (χ0) is 3.54. The minimum atomic E-state index is -0.0679. The molecule has 1 aliphatic heterocycles. The van der Waals surface area contributed by atoms with Crippen molar-refractivity contribution in [3.05, 3.63) is 11.0 Å². The molecule has 1 heterocycles. The average Bonchev–Trinajstić information content (AvgIpc) is 1.76. The fraction of sp³-hybridized carbons (Fsp3) is 0. The Bertz CT molecular complexity index is 65.0. The van der Waals surface area contributed by atoms with Crippen molar-refractivity contribution in [2.75, 3.05) is 0 Å². The molecule has 0 aromatic heterocycles. The first-order valence-corrected chi connectivity index (χ1v) is 3.10. The molecule has 0 spiro atoms. The molecule has 0 aromatic rings. The van der Waals surface area contributed by atoms with Crippen LogP contribution in [0.2, 0.25) is 0 Å². The Balaban J connectivity index is 2.61. The van der Waals surface area contributed by atoms with Gasteiger partial charge >= 0.3 is 15.4 Å². The molecule has 2 heteroatoms. The number of allylic oxidation sites excluding steroid dienone is 1. The lowest BCUT2D eigenvalue weighted by atomic mass is 10.7. The Kier molecular flexibility index (Phi) is 0.879. The topological polar surface area (TPSA) is 12.4 Å². The molecule has 0 atom stereocenters. The minimum Gasteiger partial charge on any atom is -0.405 e. The summed E-state index contributed by atoms with van der Waals surface area (Å²) in [7, 11) is 0. The first-order valence-electron chi connectivity index (χ1n) is 1.65. The van der Waals surface area contributed by atoms with Crippen LogP contribution < -0.4 is 0 Å². The van der Waals surface area contributed by atoms with E-state index in [2.05, 4.69) is 8.91 Å². The van der Waals surface area contributed by atoms with Crippen molar-refractivity contribution in [3.8, 4) is 0 Å². The second kappa shape index (κ2) is 1.40. The Morgan fingerprint density at radius 1 is 1.60 bits per heavy atom. The van der Waals surface area contributed by atoms with Gasteiger partial charge in [0.25, 0.3) is 0 Å². The smallest absolute Gasteiger partial charge is 0.405 e. The highest BCUT2D eigenvalue weighted by Crippen LogP contribution is 1.75. The van der Waals surface area contributed by atoms with E-state index in [4.69, 9.17) is 0 Å². The number of hydrogen-bond acceptors (Lipinski definition) is 1. The van der Waals surface area contributed by atoms with Gasteiger partial charge in [0.1, 0.15) is 0 Å². The SMILES string of the molecule is C1=[CH][AlH][N]=C1. The maximum absolute atomic E-state index is 3.99. The summed E-state index contributed by atoms with van der Waals surface area (Å²) in [6.45, 7) is 0. The van der Waals surface area contributed by atoms with Gasteiger partial charge in [0.05, 0.1) is 0 Å². The van der Waals surface area contributed by atoms with Gasteiger partial charge in [-0.2, -0.15) is 0 Å². The normalized spacial score (nSPS) is 16.0. The zero-order valence-corrected chi connectivity index (χ0v) is 4.30. The number of nitrogens with zero attached hydrogens (tertiary/aromatic N) is 1. The van der Waals surface area contributed by atoms with Gasteiger partial charge in [-0.15, -0.1) is 4.94 Å². The third-order valence-electron chi connectivity index (χ3n) is 0.538. The third kappa shape index (κ3) is 0.609. The Morgan fingerprint density at radius 3 is 2.80 bits per heavy atom. The van der Waals surface area contributed by atoms with E-state index in [0.29, 0.717) is 0 Å². The summed E-state index contributed by atoms with van der Waals surface area (Å²) in [5.74, 6) is 0. The van der Waals surface area contributed by atoms with Crippen LogP contribution in [-0.4, -0.2) is 21.7 Å². The van der Waals surface area contributed by atoms with Crippen molar-refractivity contribution in [3.63, 3.8) is 0 Å². The molecule has 0 saturated carbocycles. The molecule has 0 fully saturated rings. The van der Waals surface area contributed by atoms with Crippen LogP contribution >= 0.6 is 0 Å². The van der Waals surface area contributed by atoms with Gasteiger partial charge in [-0.3, -0.25) is 0 Å². The summed E-state index contributed by atoms with van der Waals surface area (Å²) in [5.41, 5.74) is 0. The van der Waals surface area contributed by atoms with Crippen LogP contribution in [0, 0.1) is 0 Å².